The summed E-state index contributed by atoms with van der Waals surface area (Å²) in [7, 11) is 2.06. The third kappa shape index (κ3) is 4.20. The minimum Gasteiger partial charge on any atom is -0.389 e. The van der Waals surface area contributed by atoms with Crippen LogP contribution in [0, 0.1) is 0 Å². The Labute approximate surface area is 102 Å². The molecule has 1 aromatic heterocycles. The third-order valence-corrected chi connectivity index (χ3v) is 3.91. The number of hydrogen-bond acceptors (Lipinski definition) is 4. The lowest BCUT2D eigenvalue weighted by Gasteiger charge is -2.30. The van der Waals surface area contributed by atoms with Crippen molar-refractivity contribution in [2.45, 2.75) is 38.7 Å². The van der Waals surface area contributed by atoms with Gasteiger partial charge in [0.2, 0.25) is 0 Å². The van der Waals surface area contributed by atoms with E-state index < -0.39 is 5.60 Å². The quantitative estimate of drug-likeness (QED) is 0.796. The zero-order chi connectivity index (χ0) is 12.0. The van der Waals surface area contributed by atoms with Crippen LogP contribution in [-0.4, -0.2) is 40.7 Å². The first-order valence-electron chi connectivity index (χ1n) is 5.89. The van der Waals surface area contributed by atoms with E-state index in [1.54, 1.807) is 11.3 Å². The Kier molecular flexibility index (Phi) is 5.38. The lowest BCUT2D eigenvalue weighted by atomic mass is 9.97. The molecule has 0 fully saturated rings. The van der Waals surface area contributed by atoms with Gasteiger partial charge in [-0.1, -0.05) is 13.8 Å². The van der Waals surface area contributed by atoms with E-state index in [1.165, 1.54) is 5.01 Å². The summed E-state index contributed by atoms with van der Waals surface area (Å²) in [5.41, 5.74) is -0.530. The van der Waals surface area contributed by atoms with E-state index in [0.29, 0.717) is 0 Å². The van der Waals surface area contributed by atoms with Gasteiger partial charge in [0.15, 0.2) is 0 Å². The number of likely N-dealkylation sites (N-methyl/N-ethyl adjacent to an activating group) is 1. The molecule has 0 saturated heterocycles. The molecule has 0 atom stereocenters. The normalized spacial score (nSPS) is 12.3. The summed E-state index contributed by atoms with van der Waals surface area (Å²) < 4.78 is 0. The van der Waals surface area contributed by atoms with Gasteiger partial charge in [-0.05, 0) is 19.9 Å². The number of rotatable bonds is 7. The highest BCUT2D eigenvalue weighted by Crippen LogP contribution is 2.16. The van der Waals surface area contributed by atoms with Crippen LogP contribution >= 0.6 is 11.3 Å². The van der Waals surface area contributed by atoms with E-state index in [2.05, 4.69) is 16.9 Å². The van der Waals surface area contributed by atoms with Gasteiger partial charge < -0.3 is 10.0 Å². The highest BCUT2D eigenvalue weighted by Gasteiger charge is 2.23. The first-order chi connectivity index (χ1) is 7.59. The van der Waals surface area contributed by atoms with Gasteiger partial charge in [0.25, 0.3) is 0 Å². The maximum Gasteiger partial charge on any atom is 0.0937 e. The summed E-state index contributed by atoms with van der Waals surface area (Å²) in [6.45, 7) is 5.78. The molecule has 4 heteroatoms. The molecule has 0 unspecified atom stereocenters. The molecule has 0 aliphatic rings. The summed E-state index contributed by atoms with van der Waals surface area (Å²) in [6, 6.07) is 0. The van der Waals surface area contributed by atoms with E-state index in [9.17, 15) is 5.11 Å². The fourth-order valence-electron chi connectivity index (χ4n) is 1.72. The summed E-state index contributed by atoms with van der Waals surface area (Å²) >= 11 is 1.69. The molecule has 0 bridgehead atoms. The standard InChI is InChI=1S/C12H22N2OS/c1-4-12(15,5-2)10-14(3)8-6-11-13-7-9-16-11/h7,9,15H,4-6,8,10H2,1-3H3. The maximum absolute atomic E-state index is 10.2. The molecule has 3 nitrogen and oxygen atoms in total. The molecule has 0 aliphatic heterocycles. The molecule has 1 N–H and O–H groups in total. The summed E-state index contributed by atoms with van der Waals surface area (Å²) in [4.78, 5) is 6.44. The molecule has 0 aliphatic carbocycles. The van der Waals surface area contributed by atoms with Crippen LogP contribution in [0.1, 0.15) is 31.7 Å². The molecule has 1 aromatic rings. The van der Waals surface area contributed by atoms with Gasteiger partial charge >= 0.3 is 0 Å². The van der Waals surface area contributed by atoms with E-state index in [1.807, 2.05) is 25.4 Å². The van der Waals surface area contributed by atoms with Crippen molar-refractivity contribution in [3.63, 3.8) is 0 Å². The summed E-state index contributed by atoms with van der Waals surface area (Å²) in [5, 5.41) is 13.4. The van der Waals surface area contributed by atoms with Crippen LogP contribution in [0.3, 0.4) is 0 Å². The van der Waals surface area contributed by atoms with Crippen molar-refractivity contribution in [2.75, 3.05) is 20.1 Å². The minimum absolute atomic E-state index is 0.530. The highest BCUT2D eigenvalue weighted by atomic mass is 32.1. The first kappa shape index (κ1) is 13.6. The summed E-state index contributed by atoms with van der Waals surface area (Å²) in [6.07, 6.45) is 4.43. The number of aromatic nitrogens is 1. The SMILES string of the molecule is CCC(O)(CC)CN(C)CCc1nccs1. The van der Waals surface area contributed by atoms with Crippen LogP contribution in [0.4, 0.5) is 0 Å². The molecule has 0 aromatic carbocycles. The second kappa shape index (κ2) is 6.33. The van der Waals surface area contributed by atoms with E-state index in [0.717, 1.165) is 32.4 Å². The smallest absolute Gasteiger partial charge is 0.0937 e. The average molecular weight is 242 g/mol. The molecule has 16 heavy (non-hydrogen) atoms. The molecular weight excluding hydrogens is 220 g/mol. The number of nitrogens with zero attached hydrogens (tertiary/aromatic N) is 2. The van der Waals surface area contributed by atoms with Gasteiger partial charge in [-0.2, -0.15) is 0 Å². The van der Waals surface area contributed by atoms with Gasteiger partial charge in [0.05, 0.1) is 10.6 Å². The number of thiazole rings is 1. The van der Waals surface area contributed by atoms with Gasteiger partial charge in [0.1, 0.15) is 0 Å². The van der Waals surface area contributed by atoms with Crippen LogP contribution in [0.15, 0.2) is 11.6 Å². The van der Waals surface area contributed by atoms with E-state index in [-0.39, 0.29) is 0 Å². The van der Waals surface area contributed by atoms with Crippen LogP contribution < -0.4 is 0 Å². The Hall–Kier alpha value is -0.450. The topological polar surface area (TPSA) is 36.4 Å². The van der Waals surface area contributed by atoms with E-state index >= 15 is 0 Å². The molecule has 0 radical (unpaired) electrons. The fourth-order valence-corrected chi connectivity index (χ4v) is 2.33. The molecule has 0 saturated carbocycles. The minimum atomic E-state index is -0.530. The predicted octanol–water partition coefficient (Wildman–Crippen LogP) is 2.17. The molecule has 92 valence electrons. The van der Waals surface area contributed by atoms with Gasteiger partial charge in [-0.3, -0.25) is 0 Å². The Morgan fingerprint density at radius 3 is 2.62 bits per heavy atom. The van der Waals surface area contributed by atoms with Crippen LogP contribution in [0.25, 0.3) is 0 Å². The zero-order valence-electron chi connectivity index (χ0n) is 10.4. The van der Waals surface area contributed by atoms with Crippen LogP contribution in [0.5, 0.6) is 0 Å². The highest BCUT2D eigenvalue weighted by molar-refractivity contribution is 7.09. The molecule has 1 rings (SSSR count). The van der Waals surface area contributed by atoms with Crippen molar-refractivity contribution in [1.82, 2.24) is 9.88 Å². The Morgan fingerprint density at radius 2 is 2.12 bits per heavy atom. The predicted molar refractivity (Wildman–Crippen MR) is 68.8 cm³/mol. The van der Waals surface area contributed by atoms with Gasteiger partial charge in [-0.25, -0.2) is 4.98 Å². The van der Waals surface area contributed by atoms with Gasteiger partial charge in [-0.15, -0.1) is 11.3 Å². The molecule has 1 heterocycles. The molecule has 0 amide bonds. The Balaban J connectivity index is 2.32. The van der Waals surface area contributed by atoms with Crippen molar-refractivity contribution in [3.8, 4) is 0 Å². The van der Waals surface area contributed by atoms with Crippen molar-refractivity contribution in [1.29, 1.82) is 0 Å². The average Bonchev–Trinajstić information content (AvgIpc) is 2.79. The maximum atomic E-state index is 10.2. The van der Waals surface area contributed by atoms with Crippen molar-refractivity contribution >= 4 is 11.3 Å². The zero-order valence-corrected chi connectivity index (χ0v) is 11.3. The molecule has 0 spiro atoms. The number of aliphatic hydroxyl groups is 1. The first-order valence-corrected chi connectivity index (χ1v) is 6.77. The largest absolute Gasteiger partial charge is 0.389 e. The van der Waals surface area contributed by atoms with Gasteiger partial charge in [0, 0.05) is 31.1 Å². The fraction of sp³-hybridized carbons (Fsp3) is 0.750. The second-order valence-electron chi connectivity index (χ2n) is 4.35. The second-order valence-corrected chi connectivity index (χ2v) is 5.32. The van der Waals surface area contributed by atoms with Crippen LogP contribution in [0.2, 0.25) is 0 Å². The van der Waals surface area contributed by atoms with Crippen molar-refractivity contribution < 1.29 is 5.11 Å². The van der Waals surface area contributed by atoms with Crippen molar-refractivity contribution in [2.24, 2.45) is 0 Å². The summed E-state index contributed by atoms with van der Waals surface area (Å²) in [5.74, 6) is 0. The lowest BCUT2D eigenvalue weighted by Crippen LogP contribution is -2.41. The van der Waals surface area contributed by atoms with E-state index in [4.69, 9.17) is 0 Å². The monoisotopic (exact) mass is 242 g/mol. The van der Waals surface area contributed by atoms with Crippen LogP contribution in [-0.2, 0) is 6.42 Å². The third-order valence-electron chi connectivity index (χ3n) is 3.07. The van der Waals surface area contributed by atoms with Crippen molar-refractivity contribution in [3.05, 3.63) is 16.6 Å². The number of hydrogen-bond donors (Lipinski definition) is 1. The Morgan fingerprint density at radius 1 is 1.44 bits per heavy atom. The molecular formula is C12H22N2OS. The Bertz CT molecular complexity index is 283. The lowest BCUT2D eigenvalue weighted by molar-refractivity contribution is 0.00335.